The first-order chi connectivity index (χ1) is 13.3. The molecule has 6 unspecified atom stereocenters. The Balaban J connectivity index is 1.63. The highest BCUT2D eigenvalue weighted by atomic mass is 16.2. The largest absolute Gasteiger partial charge is 0.352 e. The molecule has 2 fully saturated rings. The predicted octanol–water partition coefficient (Wildman–Crippen LogP) is -0.464. The minimum atomic E-state index is -0.216. The quantitative estimate of drug-likeness (QED) is 0.445. The maximum atomic E-state index is 12.7. The monoisotopic (exact) mass is 388 g/mol. The number of piperidine rings is 1. The summed E-state index contributed by atoms with van der Waals surface area (Å²) in [6.07, 6.45) is 1.00. The molecule has 3 heterocycles. The van der Waals surface area contributed by atoms with Crippen molar-refractivity contribution >= 4 is 11.8 Å². The van der Waals surface area contributed by atoms with Crippen LogP contribution in [-0.4, -0.2) is 61.2 Å². The van der Waals surface area contributed by atoms with Crippen LogP contribution in [0.5, 0.6) is 0 Å². The van der Waals surface area contributed by atoms with E-state index in [1.807, 2.05) is 20.8 Å². The van der Waals surface area contributed by atoms with Crippen LogP contribution in [-0.2, 0) is 9.59 Å². The van der Waals surface area contributed by atoms with Crippen molar-refractivity contribution in [3.05, 3.63) is 11.1 Å². The molecule has 154 valence electrons. The molecule has 0 aromatic heterocycles. The second kappa shape index (κ2) is 8.60. The molecule has 0 saturated carbocycles. The van der Waals surface area contributed by atoms with Crippen LogP contribution < -0.4 is 26.6 Å². The SMILES string of the molecule is CC1=C(CC(=O)N[C@H](C)C2NCC(C#N)NC2C)C(=O)NC2CCNC(C)C12. The average molecular weight is 389 g/mol. The Morgan fingerprint density at radius 3 is 2.75 bits per heavy atom. The molecule has 2 saturated heterocycles. The number of nitrogens with zero attached hydrogens (tertiary/aromatic N) is 1. The third-order valence-corrected chi connectivity index (χ3v) is 6.44. The molecule has 8 nitrogen and oxygen atoms in total. The summed E-state index contributed by atoms with van der Waals surface area (Å²) in [5.74, 6) is -0.0274. The van der Waals surface area contributed by atoms with Crippen molar-refractivity contribution in [1.29, 1.82) is 5.26 Å². The Morgan fingerprint density at radius 1 is 1.32 bits per heavy atom. The summed E-state index contributed by atoms with van der Waals surface area (Å²) >= 11 is 0. The van der Waals surface area contributed by atoms with E-state index in [1.165, 1.54) is 0 Å². The summed E-state index contributed by atoms with van der Waals surface area (Å²) < 4.78 is 0. The molecule has 8 heteroatoms. The van der Waals surface area contributed by atoms with Gasteiger partial charge in [-0.15, -0.1) is 0 Å². The fourth-order valence-corrected chi connectivity index (χ4v) is 4.97. The molecule has 3 rings (SSSR count). The highest BCUT2D eigenvalue weighted by molar-refractivity contribution is 6.00. The molecule has 0 aromatic rings. The van der Waals surface area contributed by atoms with Gasteiger partial charge in [-0.2, -0.15) is 5.26 Å². The topological polar surface area (TPSA) is 118 Å². The summed E-state index contributed by atoms with van der Waals surface area (Å²) in [4.78, 5) is 25.3. The molecular weight excluding hydrogens is 356 g/mol. The van der Waals surface area contributed by atoms with Crippen molar-refractivity contribution < 1.29 is 9.59 Å². The first kappa shape index (κ1) is 20.8. The zero-order chi connectivity index (χ0) is 20.4. The molecule has 0 radical (unpaired) electrons. The number of rotatable bonds is 4. The fourth-order valence-electron chi connectivity index (χ4n) is 4.97. The number of amides is 2. The smallest absolute Gasteiger partial charge is 0.247 e. The van der Waals surface area contributed by atoms with Gasteiger partial charge in [0.2, 0.25) is 11.8 Å². The van der Waals surface area contributed by atoms with Crippen LogP contribution in [0.15, 0.2) is 11.1 Å². The van der Waals surface area contributed by atoms with Crippen molar-refractivity contribution in [2.45, 2.75) is 76.8 Å². The predicted molar refractivity (Wildman–Crippen MR) is 106 cm³/mol. The van der Waals surface area contributed by atoms with E-state index in [-0.39, 0.29) is 60.4 Å². The van der Waals surface area contributed by atoms with E-state index in [0.717, 1.165) is 18.5 Å². The van der Waals surface area contributed by atoms with E-state index in [2.05, 4.69) is 39.6 Å². The Kier molecular flexibility index (Phi) is 6.38. The Morgan fingerprint density at radius 2 is 2.07 bits per heavy atom. The van der Waals surface area contributed by atoms with Crippen molar-refractivity contribution in [3.63, 3.8) is 0 Å². The van der Waals surface area contributed by atoms with E-state index in [0.29, 0.717) is 12.1 Å². The van der Waals surface area contributed by atoms with Gasteiger partial charge in [-0.05, 0) is 40.7 Å². The number of carbonyl (C=O) groups is 2. The lowest BCUT2D eigenvalue weighted by atomic mass is 9.76. The molecule has 7 atom stereocenters. The highest BCUT2D eigenvalue weighted by Crippen LogP contribution is 2.32. The van der Waals surface area contributed by atoms with Crippen LogP contribution in [0.25, 0.3) is 0 Å². The van der Waals surface area contributed by atoms with Gasteiger partial charge >= 0.3 is 0 Å². The Hall–Kier alpha value is -1.95. The minimum Gasteiger partial charge on any atom is -0.352 e. The second-order valence-electron chi connectivity index (χ2n) is 8.40. The molecule has 0 aromatic carbocycles. The lowest BCUT2D eigenvalue weighted by Gasteiger charge is -2.42. The summed E-state index contributed by atoms with van der Waals surface area (Å²) in [6, 6.07) is 2.39. The van der Waals surface area contributed by atoms with Crippen molar-refractivity contribution in [2.75, 3.05) is 13.1 Å². The molecule has 28 heavy (non-hydrogen) atoms. The lowest BCUT2D eigenvalue weighted by molar-refractivity contribution is -0.124. The fraction of sp³-hybridized carbons (Fsp3) is 0.750. The first-order valence-electron chi connectivity index (χ1n) is 10.2. The molecule has 0 bridgehead atoms. The Bertz CT molecular complexity index is 699. The van der Waals surface area contributed by atoms with Gasteiger partial charge < -0.3 is 21.3 Å². The van der Waals surface area contributed by atoms with E-state index >= 15 is 0 Å². The Labute approximate surface area is 166 Å². The normalized spacial score (nSPS) is 36.8. The van der Waals surface area contributed by atoms with Gasteiger partial charge in [-0.25, -0.2) is 0 Å². The van der Waals surface area contributed by atoms with Crippen LogP contribution >= 0.6 is 0 Å². The number of piperazine rings is 1. The van der Waals surface area contributed by atoms with E-state index in [1.54, 1.807) is 0 Å². The highest BCUT2D eigenvalue weighted by Gasteiger charge is 2.39. The lowest BCUT2D eigenvalue weighted by Crippen LogP contribution is -2.65. The van der Waals surface area contributed by atoms with Crippen molar-refractivity contribution in [1.82, 2.24) is 26.6 Å². The molecular formula is C20H32N6O2. The number of carbonyl (C=O) groups excluding carboxylic acids is 2. The van der Waals surface area contributed by atoms with E-state index in [4.69, 9.17) is 5.26 Å². The summed E-state index contributed by atoms with van der Waals surface area (Å²) in [7, 11) is 0. The maximum Gasteiger partial charge on any atom is 0.247 e. The maximum absolute atomic E-state index is 12.7. The van der Waals surface area contributed by atoms with Crippen LogP contribution in [0.2, 0.25) is 0 Å². The van der Waals surface area contributed by atoms with Crippen LogP contribution in [0.4, 0.5) is 0 Å². The van der Waals surface area contributed by atoms with Crippen LogP contribution in [0.1, 0.15) is 40.5 Å². The number of nitrogens with one attached hydrogen (secondary N) is 5. The first-order valence-corrected chi connectivity index (χ1v) is 10.2. The number of nitriles is 1. The van der Waals surface area contributed by atoms with E-state index < -0.39 is 0 Å². The van der Waals surface area contributed by atoms with Gasteiger partial charge in [-0.3, -0.25) is 14.9 Å². The standard InChI is InChI=1S/C20H32N6O2/c1-10-15(20(28)26-16-5-6-22-11(2)18(10)16)7-17(27)25-13(4)19-12(3)24-14(8-21)9-23-19/h11-14,16,18-19,22-24H,5-7,9H2,1-4H3,(H,25,27)(H,26,28)/t11?,12?,13-,14?,16?,18?,19?/m1/s1. The van der Waals surface area contributed by atoms with E-state index in [9.17, 15) is 9.59 Å². The third kappa shape index (κ3) is 4.22. The van der Waals surface area contributed by atoms with Crippen LogP contribution in [0, 0.1) is 17.2 Å². The summed E-state index contributed by atoms with van der Waals surface area (Å²) in [5.41, 5.74) is 1.62. The molecule has 0 aliphatic carbocycles. The van der Waals surface area contributed by atoms with Gasteiger partial charge in [0.1, 0.15) is 6.04 Å². The summed E-state index contributed by atoms with van der Waals surface area (Å²) in [6.45, 7) is 9.52. The van der Waals surface area contributed by atoms with Gasteiger partial charge in [0, 0.05) is 48.2 Å². The third-order valence-electron chi connectivity index (χ3n) is 6.44. The van der Waals surface area contributed by atoms with Gasteiger partial charge in [0.15, 0.2) is 0 Å². The van der Waals surface area contributed by atoms with Crippen molar-refractivity contribution in [3.8, 4) is 6.07 Å². The second-order valence-corrected chi connectivity index (χ2v) is 8.40. The van der Waals surface area contributed by atoms with Gasteiger partial charge in [0.05, 0.1) is 12.5 Å². The summed E-state index contributed by atoms with van der Waals surface area (Å²) in [5, 5.41) is 25.2. The zero-order valence-corrected chi connectivity index (χ0v) is 17.1. The number of fused-ring (bicyclic) bond motifs is 1. The van der Waals surface area contributed by atoms with Crippen molar-refractivity contribution in [2.24, 2.45) is 5.92 Å². The minimum absolute atomic E-state index is 0.0238. The molecule has 3 aliphatic heterocycles. The number of hydrogen-bond acceptors (Lipinski definition) is 6. The molecule has 5 N–H and O–H groups in total. The average Bonchev–Trinajstić information content (AvgIpc) is 2.64. The molecule has 0 spiro atoms. The van der Waals surface area contributed by atoms with Crippen LogP contribution in [0.3, 0.4) is 0 Å². The zero-order valence-electron chi connectivity index (χ0n) is 17.1. The molecule has 3 aliphatic rings. The van der Waals surface area contributed by atoms with Gasteiger partial charge in [-0.1, -0.05) is 5.57 Å². The number of hydrogen-bond donors (Lipinski definition) is 5. The van der Waals surface area contributed by atoms with Gasteiger partial charge in [0.25, 0.3) is 0 Å². The molecule has 2 amide bonds.